The Labute approximate surface area is 192 Å². The molecule has 0 N–H and O–H groups in total. The first kappa shape index (κ1) is 20.8. The maximum Gasteiger partial charge on any atom is 0.168 e. The van der Waals surface area contributed by atoms with Gasteiger partial charge in [0, 0.05) is 24.3 Å². The predicted molar refractivity (Wildman–Crippen MR) is 127 cm³/mol. The highest BCUT2D eigenvalue weighted by molar-refractivity contribution is 6.33. The lowest BCUT2D eigenvalue weighted by Gasteiger charge is -2.29. The second-order valence-corrected chi connectivity index (χ2v) is 8.25. The first-order valence-corrected chi connectivity index (χ1v) is 11.2. The van der Waals surface area contributed by atoms with Gasteiger partial charge in [-0.25, -0.2) is 0 Å². The van der Waals surface area contributed by atoms with Crippen molar-refractivity contribution in [2.24, 2.45) is 0 Å². The minimum atomic E-state index is 0.731. The molecule has 6 nitrogen and oxygen atoms in total. The number of aryl methyl sites for hydroxylation is 2. The number of pyridine rings is 1. The van der Waals surface area contributed by atoms with Gasteiger partial charge in [0.2, 0.25) is 0 Å². The zero-order valence-electron chi connectivity index (χ0n) is 18.0. The quantitative estimate of drug-likeness (QED) is 0.428. The minimum absolute atomic E-state index is 0.731. The summed E-state index contributed by atoms with van der Waals surface area (Å²) in [4.78, 5) is 2.27. The van der Waals surface area contributed by atoms with Crippen LogP contribution in [-0.4, -0.2) is 48.0 Å². The van der Waals surface area contributed by atoms with Crippen LogP contribution in [-0.2, 0) is 17.6 Å². The molecule has 1 aliphatic heterocycles. The van der Waals surface area contributed by atoms with Crippen molar-refractivity contribution in [1.82, 2.24) is 14.6 Å². The second kappa shape index (κ2) is 9.18. The number of methoxy groups -OCH3 is 1. The summed E-state index contributed by atoms with van der Waals surface area (Å²) in [7, 11) is 1.71. The van der Waals surface area contributed by atoms with Crippen molar-refractivity contribution in [3.05, 3.63) is 77.2 Å². The third-order valence-corrected chi connectivity index (χ3v) is 6.30. The molecular formula is C25H25ClN4O2. The fourth-order valence-electron chi connectivity index (χ4n) is 4.30. The van der Waals surface area contributed by atoms with Gasteiger partial charge in [0.15, 0.2) is 5.65 Å². The number of halogens is 1. The number of morpholine rings is 1. The van der Waals surface area contributed by atoms with Crippen LogP contribution in [0.5, 0.6) is 5.75 Å². The summed E-state index contributed by atoms with van der Waals surface area (Å²) in [6.07, 6.45) is 3.50. The van der Waals surface area contributed by atoms with Gasteiger partial charge in [0.05, 0.1) is 31.0 Å². The van der Waals surface area contributed by atoms with Crippen LogP contribution in [0.4, 0.5) is 5.69 Å². The van der Waals surface area contributed by atoms with Crippen LogP contribution >= 0.6 is 11.6 Å². The molecule has 2 aromatic heterocycles. The zero-order chi connectivity index (χ0) is 21.9. The molecule has 1 saturated heterocycles. The first-order valence-electron chi connectivity index (χ1n) is 10.8. The first-order chi connectivity index (χ1) is 15.7. The smallest absolute Gasteiger partial charge is 0.168 e. The van der Waals surface area contributed by atoms with Gasteiger partial charge in [-0.2, -0.15) is 0 Å². The van der Waals surface area contributed by atoms with Gasteiger partial charge in [0.25, 0.3) is 0 Å². The summed E-state index contributed by atoms with van der Waals surface area (Å²) in [5.41, 5.74) is 6.25. The average molecular weight is 449 g/mol. The Bertz CT molecular complexity index is 1230. The molecule has 2 aromatic carbocycles. The Kier molecular flexibility index (Phi) is 5.97. The summed E-state index contributed by atoms with van der Waals surface area (Å²) in [5.74, 6) is 0.916. The van der Waals surface area contributed by atoms with Crippen molar-refractivity contribution in [3.63, 3.8) is 0 Å². The van der Waals surface area contributed by atoms with Gasteiger partial charge in [-0.3, -0.25) is 4.40 Å². The third-order valence-electron chi connectivity index (χ3n) is 5.99. The van der Waals surface area contributed by atoms with Crippen molar-refractivity contribution < 1.29 is 9.47 Å². The van der Waals surface area contributed by atoms with E-state index in [9.17, 15) is 0 Å². The highest BCUT2D eigenvalue weighted by atomic mass is 35.5. The Morgan fingerprint density at radius 1 is 1.03 bits per heavy atom. The Morgan fingerprint density at radius 2 is 1.88 bits per heavy atom. The standard InChI is InChI=1S/C25H25ClN4O2/c1-31-24-5-3-2-4-18(24)6-8-20-9-10-21(25-28-27-17-30(20)25)19-7-11-23(22(26)16-19)29-12-14-32-15-13-29/h2-5,7,9-11,16-17H,6,8,12-15H2,1H3. The second-order valence-electron chi connectivity index (χ2n) is 7.84. The van der Waals surface area contributed by atoms with Crippen molar-refractivity contribution in [3.8, 4) is 16.9 Å². The van der Waals surface area contributed by atoms with Crippen molar-refractivity contribution in [1.29, 1.82) is 0 Å². The van der Waals surface area contributed by atoms with Gasteiger partial charge < -0.3 is 14.4 Å². The van der Waals surface area contributed by atoms with Crippen molar-refractivity contribution in [2.45, 2.75) is 12.8 Å². The molecule has 4 aromatic rings. The summed E-state index contributed by atoms with van der Waals surface area (Å²) >= 11 is 6.68. The molecule has 3 heterocycles. The van der Waals surface area contributed by atoms with E-state index in [0.29, 0.717) is 0 Å². The molecule has 32 heavy (non-hydrogen) atoms. The predicted octanol–water partition coefficient (Wildman–Crippen LogP) is 4.68. The molecule has 1 aliphatic rings. The zero-order valence-corrected chi connectivity index (χ0v) is 18.8. The van der Waals surface area contributed by atoms with Crippen LogP contribution in [0.3, 0.4) is 0 Å². The summed E-state index contributed by atoms with van der Waals surface area (Å²) in [5, 5.41) is 9.33. The highest BCUT2D eigenvalue weighted by Crippen LogP contribution is 2.33. The Hall–Kier alpha value is -3.09. The van der Waals surface area contributed by atoms with Crippen molar-refractivity contribution in [2.75, 3.05) is 38.3 Å². The van der Waals surface area contributed by atoms with Crippen LogP contribution in [0.1, 0.15) is 11.3 Å². The highest BCUT2D eigenvalue weighted by Gasteiger charge is 2.16. The largest absolute Gasteiger partial charge is 0.496 e. The number of hydrogen-bond donors (Lipinski definition) is 0. The van der Waals surface area contributed by atoms with E-state index in [1.807, 2.05) is 24.3 Å². The van der Waals surface area contributed by atoms with Gasteiger partial charge in [-0.1, -0.05) is 35.9 Å². The molecule has 0 unspecified atom stereocenters. The molecule has 0 atom stereocenters. The van der Waals surface area contributed by atoms with E-state index in [1.54, 1.807) is 13.4 Å². The maximum absolute atomic E-state index is 6.68. The number of fused-ring (bicyclic) bond motifs is 1. The fraction of sp³-hybridized carbons (Fsp3) is 0.280. The molecule has 0 amide bonds. The number of para-hydroxylation sites is 1. The molecule has 164 valence electrons. The number of ether oxygens (including phenoxy) is 2. The lowest BCUT2D eigenvalue weighted by Crippen LogP contribution is -2.36. The van der Waals surface area contributed by atoms with E-state index in [2.05, 4.69) is 49.8 Å². The third kappa shape index (κ3) is 4.04. The van der Waals surface area contributed by atoms with Gasteiger partial charge in [-0.15, -0.1) is 10.2 Å². The van der Waals surface area contributed by atoms with Crippen LogP contribution in [0.15, 0.2) is 60.9 Å². The average Bonchev–Trinajstić information content (AvgIpc) is 3.33. The van der Waals surface area contributed by atoms with E-state index >= 15 is 0 Å². The number of anilines is 1. The molecule has 7 heteroatoms. The number of aromatic nitrogens is 3. The topological polar surface area (TPSA) is 51.9 Å². The van der Waals surface area contributed by atoms with Crippen LogP contribution in [0.2, 0.25) is 5.02 Å². The van der Waals surface area contributed by atoms with Crippen LogP contribution in [0, 0.1) is 0 Å². The SMILES string of the molecule is COc1ccccc1CCc1ccc(-c2ccc(N3CCOCC3)c(Cl)c2)c2nncn12. The summed E-state index contributed by atoms with van der Waals surface area (Å²) in [6.45, 7) is 3.17. The van der Waals surface area contributed by atoms with E-state index in [0.717, 1.165) is 78.1 Å². The van der Waals surface area contributed by atoms with Crippen molar-refractivity contribution >= 4 is 22.9 Å². The molecule has 0 saturated carbocycles. The fourth-order valence-corrected chi connectivity index (χ4v) is 4.60. The maximum atomic E-state index is 6.68. The molecule has 1 fully saturated rings. The lowest BCUT2D eigenvalue weighted by atomic mass is 10.0. The van der Waals surface area contributed by atoms with Crippen LogP contribution in [0.25, 0.3) is 16.8 Å². The summed E-state index contributed by atoms with van der Waals surface area (Å²) in [6, 6.07) is 18.6. The Morgan fingerprint density at radius 3 is 2.69 bits per heavy atom. The van der Waals surface area contributed by atoms with Crippen LogP contribution < -0.4 is 9.64 Å². The number of rotatable bonds is 6. The normalized spacial score (nSPS) is 14.1. The van der Waals surface area contributed by atoms with E-state index in [1.165, 1.54) is 5.56 Å². The molecule has 5 rings (SSSR count). The van der Waals surface area contributed by atoms with E-state index in [4.69, 9.17) is 21.1 Å². The number of nitrogens with zero attached hydrogens (tertiary/aromatic N) is 4. The lowest BCUT2D eigenvalue weighted by molar-refractivity contribution is 0.122. The molecule has 0 bridgehead atoms. The van der Waals surface area contributed by atoms with Gasteiger partial charge >= 0.3 is 0 Å². The monoisotopic (exact) mass is 448 g/mol. The van der Waals surface area contributed by atoms with Gasteiger partial charge in [0.1, 0.15) is 12.1 Å². The molecule has 0 aliphatic carbocycles. The molecule has 0 radical (unpaired) electrons. The van der Waals surface area contributed by atoms with E-state index in [-0.39, 0.29) is 0 Å². The minimum Gasteiger partial charge on any atom is -0.496 e. The number of hydrogen-bond acceptors (Lipinski definition) is 5. The van der Waals surface area contributed by atoms with Gasteiger partial charge in [-0.05, 0) is 54.3 Å². The van der Waals surface area contributed by atoms with E-state index < -0.39 is 0 Å². The number of benzene rings is 2. The molecular weight excluding hydrogens is 424 g/mol. The Balaban J connectivity index is 1.43. The summed E-state index contributed by atoms with van der Waals surface area (Å²) < 4.78 is 13.0. The molecule has 0 spiro atoms.